The molecule has 80 valence electrons. The normalized spacial score (nSPS) is 31.5. The lowest BCUT2D eigenvalue weighted by Crippen LogP contribution is -2.36. The van der Waals surface area contributed by atoms with Crippen LogP contribution in [0.5, 0.6) is 0 Å². The standard InChI is InChI=1S/C10H9BrO4/c1-4-2-5-7(12)3-6(11)9(13)8(5)10(14)15-4/h3-4,10,14H,2H2,1H3/t4-,10?/m0/s1. The molecule has 1 aliphatic carbocycles. The number of ether oxygens (including phenoxy) is 1. The minimum absolute atomic E-state index is 0.0764. The van der Waals surface area contributed by atoms with Crippen LogP contribution in [0.1, 0.15) is 13.3 Å². The van der Waals surface area contributed by atoms with Crippen LogP contribution in [0.2, 0.25) is 0 Å². The molecule has 0 saturated heterocycles. The van der Waals surface area contributed by atoms with Crippen molar-refractivity contribution in [2.75, 3.05) is 0 Å². The van der Waals surface area contributed by atoms with E-state index in [1.807, 2.05) is 0 Å². The molecule has 0 aromatic rings. The number of halogens is 1. The van der Waals surface area contributed by atoms with Crippen molar-refractivity contribution in [3.63, 3.8) is 0 Å². The number of ketones is 2. The van der Waals surface area contributed by atoms with Gasteiger partial charge in [0.05, 0.1) is 16.2 Å². The van der Waals surface area contributed by atoms with Crippen molar-refractivity contribution in [2.45, 2.75) is 25.7 Å². The van der Waals surface area contributed by atoms with Crippen LogP contribution < -0.4 is 0 Å². The van der Waals surface area contributed by atoms with E-state index < -0.39 is 6.29 Å². The first-order valence-corrected chi connectivity index (χ1v) is 5.33. The van der Waals surface area contributed by atoms with Gasteiger partial charge in [0.15, 0.2) is 12.1 Å². The summed E-state index contributed by atoms with van der Waals surface area (Å²) >= 11 is 2.99. The van der Waals surface area contributed by atoms with Gasteiger partial charge in [-0.1, -0.05) is 0 Å². The Hall–Kier alpha value is -0.780. The molecule has 1 N–H and O–H groups in total. The molecule has 0 radical (unpaired) electrons. The molecule has 2 atom stereocenters. The minimum atomic E-state index is -1.29. The number of hydrogen-bond acceptors (Lipinski definition) is 4. The summed E-state index contributed by atoms with van der Waals surface area (Å²) in [6.45, 7) is 1.75. The van der Waals surface area contributed by atoms with E-state index in [1.165, 1.54) is 6.08 Å². The van der Waals surface area contributed by atoms with Crippen LogP contribution in [0, 0.1) is 0 Å². The van der Waals surface area contributed by atoms with Gasteiger partial charge in [-0.15, -0.1) is 0 Å². The molecule has 0 amide bonds. The molecule has 0 spiro atoms. The first-order chi connectivity index (χ1) is 7.00. The van der Waals surface area contributed by atoms with Gasteiger partial charge in [0, 0.05) is 18.1 Å². The number of rotatable bonds is 0. The number of carbonyl (C=O) groups is 2. The average molecular weight is 273 g/mol. The van der Waals surface area contributed by atoms with Gasteiger partial charge < -0.3 is 9.84 Å². The fourth-order valence-corrected chi connectivity index (χ4v) is 2.18. The van der Waals surface area contributed by atoms with Gasteiger partial charge in [0.25, 0.3) is 0 Å². The van der Waals surface area contributed by atoms with Crippen LogP contribution in [0.25, 0.3) is 0 Å². The molecule has 0 saturated carbocycles. The second-order valence-corrected chi connectivity index (χ2v) is 4.44. The molecule has 0 aromatic heterocycles. The number of aliphatic hydroxyl groups excluding tert-OH is 1. The lowest BCUT2D eigenvalue weighted by atomic mass is 9.89. The lowest BCUT2D eigenvalue weighted by Gasteiger charge is -2.29. The molecule has 1 unspecified atom stereocenters. The van der Waals surface area contributed by atoms with E-state index in [0.717, 1.165) is 0 Å². The molecule has 5 heteroatoms. The minimum Gasteiger partial charge on any atom is -0.364 e. The zero-order chi connectivity index (χ0) is 11.2. The quantitative estimate of drug-likeness (QED) is 0.664. The average Bonchev–Trinajstić information content (AvgIpc) is 2.13. The molecule has 0 fully saturated rings. The summed E-state index contributed by atoms with van der Waals surface area (Å²) in [4.78, 5) is 23.2. The van der Waals surface area contributed by atoms with Crippen molar-refractivity contribution in [3.8, 4) is 0 Å². The Labute approximate surface area is 94.7 Å². The highest BCUT2D eigenvalue weighted by molar-refractivity contribution is 9.12. The van der Waals surface area contributed by atoms with Gasteiger partial charge in [-0.05, 0) is 22.9 Å². The first-order valence-electron chi connectivity index (χ1n) is 4.53. The molecule has 1 aliphatic heterocycles. The molecule has 15 heavy (non-hydrogen) atoms. The number of hydrogen-bond donors (Lipinski definition) is 1. The predicted octanol–water partition coefficient (Wildman–Crippen LogP) is 0.841. The third-order valence-electron chi connectivity index (χ3n) is 2.44. The van der Waals surface area contributed by atoms with Crippen molar-refractivity contribution in [1.82, 2.24) is 0 Å². The van der Waals surface area contributed by atoms with E-state index in [1.54, 1.807) is 6.92 Å². The van der Waals surface area contributed by atoms with Crippen LogP contribution in [-0.4, -0.2) is 29.1 Å². The van der Waals surface area contributed by atoms with E-state index >= 15 is 0 Å². The van der Waals surface area contributed by atoms with Gasteiger partial charge in [-0.3, -0.25) is 9.59 Å². The van der Waals surface area contributed by atoms with Crippen molar-refractivity contribution >= 4 is 27.5 Å². The Balaban J connectivity index is 2.49. The highest BCUT2D eigenvalue weighted by Gasteiger charge is 2.36. The summed E-state index contributed by atoms with van der Waals surface area (Å²) in [6.07, 6.45) is 0.0712. The van der Waals surface area contributed by atoms with Gasteiger partial charge >= 0.3 is 0 Å². The Morgan fingerprint density at radius 1 is 1.53 bits per heavy atom. The summed E-state index contributed by atoms with van der Waals surface area (Å²) in [5.41, 5.74) is 0.446. The zero-order valence-electron chi connectivity index (χ0n) is 7.99. The molecule has 0 aromatic carbocycles. The van der Waals surface area contributed by atoms with Gasteiger partial charge in [0.2, 0.25) is 5.78 Å². The van der Waals surface area contributed by atoms with Crippen molar-refractivity contribution < 1.29 is 19.4 Å². The molecular weight excluding hydrogens is 264 g/mol. The lowest BCUT2D eigenvalue weighted by molar-refractivity contribution is -0.135. The molecule has 4 nitrogen and oxygen atoms in total. The molecule has 2 aliphatic rings. The SMILES string of the molecule is C[C@H]1CC2=C(C(=O)C(Br)=CC2=O)C(O)O1. The van der Waals surface area contributed by atoms with E-state index in [-0.39, 0.29) is 27.7 Å². The fraction of sp³-hybridized carbons (Fsp3) is 0.400. The predicted molar refractivity (Wildman–Crippen MR) is 55.2 cm³/mol. The summed E-state index contributed by atoms with van der Waals surface area (Å²) < 4.78 is 5.27. The second-order valence-electron chi connectivity index (χ2n) is 3.58. The molecule has 2 rings (SSSR count). The Kier molecular flexibility index (Phi) is 2.62. The Morgan fingerprint density at radius 3 is 2.87 bits per heavy atom. The summed E-state index contributed by atoms with van der Waals surface area (Å²) in [5, 5.41) is 9.58. The van der Waals surface area contributed by atoms with Crippen LogP contribution in [-0.2, 0) is 14.3 Å². The maximum absolute atomic E-state index is 11.7. The summed E-state index contributed by atoms with van der Waals surface area (Å²) in [6, 6.07) is 0. The molecular formula is C10H9BrO4. The third kappa shape index (κ3) is 1.71. The van der Waals surface area contributed by atoms with E-state index in [4.69, 9.17) is 4.74 Å². The zero-order valence-corrected chi connectivity index (χ0v) is 9.58. The summed E-state index contributed by atoms with van der Waals surface area (Å²) in [7, 11) is 0. The van der Waals surface area contributed by atoms with Crippen molar-refractivity contribution in [3.05, 3.63) is 21.7 Å². The van der Waals surface area contributed by atoms with Crippen LogP contribution in [0.4, 0.5) is 0 Å². The maximum Gasteiger partial charge on any atom is 0.201 e. The fourth-order valence-electron chi connectivity index (χ4n) is 1.76. The third-order valence-corrected chi connectivity index (χ3v) is 3.03. The smallest absolute Gasteiger partial charge is 0.201 e. The summed E-state index contributed by atoms with van der Waals surface area (Å²) in [5.74, 6) is -0.602. The molecule has 0 bridgehead atoms. The van der Waals surface area contributed by atoms with Crippen LogP contribution in [0.3, 0.4) is 0 Å². The van der Waals surface area contributed by atoms with Crippen LogP contribution in [0.15, 0.2) is 21.7 Å². The van der Waals surface area contributed by atoms with Gasteiger partial charge in [-0.2, -0.15) is 0 Å². The van der Waals surface area contributed by atoms with E-state index in [9.17, 15) is 14.7 Å². The number of aliphatic hydroxyl groups is 1. The number of carbonyl (C=O) groups excluding carboxylic acids is 2. The van der Waals surface area contributed by atoms with E-state index in [2.05, 4.69) is 15.9 Å². The highest BCUT2D eigenvalue weighted by Crippen LogP contribution is 2.32. The van der Waals surface area contributed by atoms with Gasteiger partial charge in [-0.25, -0.2) is 0 Å². The maximum atomic E-state index is 11.7. The molecule has 1 heterocycles. The Bertz CT molecular complexity index is 408. The van der Waals surface area contributed by atoms with Crippen molar-refractivity contribution in [1.29, 1.82) is 0 Å². The number of Topliss-reactive ketones (excluding diaryl/α,β-unsaturated/α-hetero) is 1. The largest absolute Gasteiger partial charge is 0.364 e. The number of allylic oxidation sites excluding steroid dienone is 2. The second kappa shape index (κ2) is 3.66. The highest BCUT2D eigenvalue weighted by atomic mass is 79.9. The van der Waals surface area contributed by atoms with Gasteiger partial charge in [0.1, 0.15) is 0 Å². The van der Waals surface area contributed by atoms with Crippen LogP contribution >= 0.6 is 15.9 Å². The Morgan fingerprint density at radius 2 is 2.20 bits per heavy atom. The first kappa shape index (κ1) is 10.7. The van der Waals surface area contributed by atoms with E-state index in [0.29, 0.717) is 12.0 Å². The topological polar surface area (TPSA) is 63.6 Å². The van der Waals surface area contributed by atoms with Crippen molar-refractivity contribution in [2.24, 2.45) is 0 Å². The monoisotopic (exact) mass is 272 g/mol.